The Kier molecular flexibility index (Phi) is 3.40. The van der Waals surface area contributed by atoms with Crippen molar-refractivity contribution in [2.45, 2.75) is 18.4 Å². The highest BCUT2D eigenvalue weighted by atomic mass is 32.2. The zero-order valence-corrected chi connectivity index (χ0v) is 10.7. The second kappa shape index (κ2) is 4.83. The Morgan fingerprint density at radius 3 is 2.72 bits per heavy atom. The van der Waals surface area contributed by atoms with Gasteiger partial charge in [-0.25, -0.2) is 13.1 Å². The quantitative estimate of drug-likeness (QED) is 0.824. The van der Waals surface area contributed by atoms with Crippen molar-refractivity contribution >= 4 is 15.7 Å². The standard InChI is InChI=1S/C12H14N2O3S/c1-9-4-5-11(7-12(9)13)18(15,16)14-8-10-3-2-6-17-10/h2-7,14H,8,13H2,1H3. The van der Waals surface area contributed by atoms with Crippen LogP contribution in [0.15, 0.2) is 45.9 Å². The molecule has 0 aliphatic heterocycles. The fourth-order valence-corrected chi connectivity index (χ4v) is 2.48. The number of anilines is 1. The molecule has 0 atom stereocenters. The molecule has 1 aromatic heterocycles. The molecule has 0 aliphatic carbocycles. The lowest BCUT2D eigenvalue weighted by Gasteiger charge is -2.07. The average molecular weight is 266 g/mol. The van der Waals surface area contributed by atoms with E-state index in [1.165, 1.54) is 18.4 Å². The number of nitrogens with one attached hydrogen (secondary N) is 1. The van der Waals surface area contributed by atoms with Crippen molar-refractivity contribution < 1.29 is 12.8 Å². The van der Waals surface area contributed by atoms with Crippen LogP contribution >= 0.6 is 0 Å². The van der Waals surface area contributed by atoms with Gasteiger partial charge in [-0.05, 0) is 36.8 Å². The lowest BCUT2D eigenvalue weighted by Crippen LogP contribution is -2.23. The number of hydrogen-bond acceptors (Lipinski definition) is 4. The van der Waals surface area contributed by atoms with E-state index in [9.17, 15) is 8.42 Å². The molecular weight excluding hydrogens is 252 g/mol. The van der Waals surface area contributed by atoms with Crippen molar-refractivity contribution in [3.8, 4) is 0 Å². The summed E-state index contributed by atoms with van der Waals surface area (Å²) in [6.07, 6.45) is 1.49. The number of benzene rings is 1. The summed E-state index contributed by atoms with van der Waals surface area (Å²) >= 11 is 0. The maximum atomic E-state index is 12.0. The molecule has 3 N–H and O–H groups in total. The zero-order chi connectivity index (χ0) is 13.2. The van der Waals surface area contributed by atoms with Gasteiger partial charge in [-0.1, -0.05) is 6.07 Å². The van der Waals surface area contributed by atoms with Crippen LogP contribution < -0.4 is 10.5 Å². The van der Waals surface area contributed by atoms with Crippen LogP contribution in [0.1, 0.15) is 11.3 Å². The van der Waals surface area contributed by atoms with Gasteiger partial charge in [0.1, 0.15) is 5.76 Å². The molecule has 2 aromatic rings. The first-order valence-electron chi connectivity index (χ1n) is 5.37. The Morgan fingerprint density at radius 2 is 2.11 bits per heavy atom. The maximum Gasteiger partial charge on any atom is 0.241 e. The van der Waals surface area contributed by atoms with Gasteiger partial charge in [-0.2, -0.15) is 0 Å². The van der Waals surface area contributed by atoms with Crippen molar-refractivity contribution in [3.05, 3.63) is 47.9 Å². The van der Waals surface area contributed by atoms with Crippen molar-refractivity contribution in [2.75, 3.05) is 5.73 Å². The second-order valence-corrected chi connectivity index (χ2v) is 5.69. The Labute approximate surface area is 106 Å². The molecule has 0 aliphatic rings. The van der Waals surface area contributed by atoms with Gasteiger partial charge < -0.3 is 10.2 Å². The summed E-state index contributed by atoms with van der Waals surface area (Å²) in [5.74, 6) is 0.554. The van der Waals surface area contributed by atoms with Gasteiger partial charge >= 0.3 is 0 Å². The largest absolute Gasteiger partial charge is 0.468 e. The van der Waals surface area contributed by atoms with Crippen molar-refractivity contribution in [1.29, 1.82) is 0 Å². The minimum Gasteiger partial charge on any atom is -0.468 e. The third kappa shape index (κ3) is 2.72. The van der Waals surface area contributed by atoms with E-state index in [-0.39, 0.29) is 11.4 Å². The minimum absolute atomic E-state index is 0.114. The Bertz CT molecular complexity index is 633. The Hall–Kier alpha value is -1.79. The fourth-order valence-electron chi connectivity index (χ4n) is 1.45. The van der Waals surface area contributed by atoms with E-state index in [1.54, 1.807) is 18.2 Å². The third-order valence-corrected chi connectivity index (χ3v) is 3.98. The molecule has 96 valence electrons. The SMILES string of the molecule is Cc1ccc(S(=O)(=O)NCc2ccco2)cc1N. The van der Waals surface area contributed by atoms with Crippen LogP contribution in [-0.4, -0.2) is 8.42 Å². The Morgan fingerprint density at radius 1 is 1.33 bits per heavy atom. The first-order chi connectivity index (χ1) is 8.49. The summed E-state index contributed by atoms with van der Waals surface area (Å²) in [5, 5.41) is 0. The number of hydrogen-bond donors (Lipinski definition) is 2. The van der Waals surface area contributed by atoms with Crippen LogP contribution in [0.3, 0.4) is 0 Å². The molecule has 0 unspecified atom stereocenters. The fraction of sp³-hybridized carbons (Fsp3) is 0.167. The van der Waals surface area contributed by atoms with Gasteiger partial charge in [0.15, 0.2) is 0 Å². The summed E-state index contributed by atoms with van der Waals surface area (Å²) in [5.41, 5.74) is 7.00. The van der Waals surface area contributed by atoms with E-state index < -0.39 is 10.0 Å². The summed E-state index contributed by atoms with van der Waals surface area (Å²) in [7, 11) is -3.57. The van der Waals surface area contributed by atoms with E-state index in [1.807, 2.05) is 6.92 Å². The van der Waals surface area contributed by atoms with Crippen LogP contribution in [0.5, 0.6) is 0 Å². The van der Waals surface area contributed by atoms with Gasteiger partial charge in [-0.15, -0.1) is 0 Å². The van der Waals surface area contributed by atoms with Crippen LogP contribution in [0.25, 0.3) is 0 Å². The number of nitrogens with two attached hydrogens (primary N) is 1. The predicted molar refractivity (Wildman–Crippen MR) is 68.3 cm³/mol. The van der Waals surface area contributed by atoms with Gasteiger partial charge in [-0.3, -0.25) is 0 Å². The maximum absolute atomic E-state index is 12.0. The highest BCUT2D eigenvalue weighted by Crippen LogP contribution is 2.17. The van der Waals surface area contributed by atoms with E-state index in [2.05, 4.69) is 4.72 Å². The molecule has 0 amide bonds. The monoisotopic (exact) mass is 266 g/mol. The summed E-state index contributed by atoms with van der Waals surface area (Å²) in [4.78, 5) is 0.150. The van der Waals surface area contributed by atoms with Gasteiger partial charge in [0.25, 0.3) is 0 Å². The van der Waals surface area contributed by atoms with Crippen molar-refractivity contribution in [2.24, 2.45) is 0 Å². The average Bonchev–Trinajstić information content (AvgIpc) is 2.83. The van der Waals surface area contributed by atoms with E-state index in [4.69, 9.17) is 10.2 Å². The molecule has 0 bridgehead atoms. The lowest BCUT2D eigenvalue weighted by molar-refractivity contribution is 0.498. The molecule has 0 fully saturated rings. The van der Waals surface area contributed by atoms with Crippen molar-refractivity contribution in [3.63, 3.8) is 0 Å². The van der Waals surface area contributed by atoms with Gasteiger partial charge in [0, 0.05) is 5.69 Å². The molecule has 1 heterocycles. The number of aryl methyl sites for hydroxylation is 1. The van der Waals surface area contributed by atoms with Gasteiger partial charge in [0.05, 0.1) is 17.7 Å². The zero-order valence-electron chi connectivity index (χ0n) is 9.88. The summed E-state index contributed by atoms with van der Waals surface area (Å²) in [6, 6.07) is 8.05. The molecule has 0 radical (unpaired) electrons. The second-order valence-electron chi connectivity index (χ2n) is 3.92. The molecule has 0 saturated carbocycles. The van der Waals surface area contributed by atoms with E-state index in [0.717, 1.165) is 5.56 Å². The smallest absolute Gasteiger partial charge is 0.241 e. The molecular formula is C12H14N2O3S. The molecule has 5 nitrogen and oxygen atoms in total. The van der Waals surface area contributed by atoms with Crippen LogP contribution in [0.4, 0.5) is 5.69 Å². The van der Waals surface area contributed by atoms with Crippen LogP contribution in [-0.2, 0) is 16.6 Å². The van der Waals surface area contributed by atoms with Crippen LogP contribution in [0, 0.1) is 6.92 Å². The number of nitrogen functional groups attached to an aromatic ring is 1. The number of sulfonamides is 1. The molecule has 1 aromatic carbocycles. The van der Waals surface area contributed by atoms with Crippen LogP contribution in [0.2, 0.25) is 0 Å². The first-order valence-corrected chi connectivity index (χ1v) is 6.85. The molecule has 2 rings (SSSR count). The van der Waals surface area contributed by atoms with E-state index in [0.29, 0.717) is 11.4 Å². The van der Waals surface area contributed by atoms with Gasteiger partial charge in [0.2, 0.25) is 10.0 Å². The first kappa shape index (κ1) is 12.7. The number of furan rings is 1. The minimum atomic E-state index is -3.57. The highest BCUT2D eigenvalue weighted by molar-refractivity contribution is 7.89. The van der Waals surface area contributed by atoms with E-state index >= 15 is 0 Å². The predicted octanol–water partition coefficient (Wildman–Crippen LogP) is 1.65. The van der Waals surface area contributed by atoms with Crippen molar-refractivity contribution in [1.82, 2.24) is 4.72 Å². The summed E-state index contributed by atoms with van der Waals surface area (Å²) in [6.45, 7) is 1.94. The summed E-state index contributed by atoms with van der Waals surface area (Å²) < 4.78 is 31.5. The molecule has 0 spiro atoms. The topological polar surface area (TPSA) is 85.3 Å². The normalized spacial score (nSPS) is 11.6. The highest BCUT2D eigenvalue weighted by Gasteiger charge is 2.15. The Balaban J connectivity index is 2.17. The number of rotatable bonds is 4. The molecule has 18 heavy (non-hydrogen) atoms. The lowest BCUT2D eigenvalue weighted by atomic mass is 10.2. The third-order valence-electron chi connectivity index (χ3n) is 2.58. The molecule has 0 saturated heterocycles. The molecule has 6 heteroatoms.